The zero-order chi connectivity index (χ0) is 9.97. The highest BCUT2D eigenvalue weighted by molar-refractivity contribution is 5.54. The van der Waals surface area contributed by atoms with Crippen molar-refractivity contribution in [1.82, 2.24) is 5.32 Å². The summed E-state index contributed by atoms with van der Waals surface area (Å²) in [4.78, 5) is 0. The third-order valence-corrected chi connectivity index (χ3v) is 3.04. The first-order chi connectivity index (χ1) is 6.79. The van der Waals surface area contributed by atoms with Gasteiger partial charge in [0.15, 0.2) is 0 Å². The number of nitrogens with two attached hydrogens (primary N) is 1. The van der Waals surface area contributed by atoms with E-state index < -0.39 is 0 Å². The summed E-state index contributed by atoms with van der Waals surface area (Å²) >= 11 is 0. The van der Waals surface area contributed by atoms with Crippen LogP contribution >= 0.6 is 0 Å². The Morgan fingerprint density at radius 1 is 1.36 bits per heavy atom. The van der Waals surface area contributed by atoms with Crippen LogP contribution in [0, 0.1) is 6.92 Å². The van der Waals surface area contributed by atoms with Crippen molar-refractivity contribution in [3.63, 3.8) is 0 Å². The van der Waals surface area contributed by atoms with E-state index in [9.17, 15) is 0 Å². The van der Waals surface area contributed by atoms with Crippen LogP contribution in [0.15, 0.2) is 18.2 Å². The summed E-state index contributed by atoms with van der Waals surface area (Å²) in [6, 6.07) is 6.79. The molecule has 2 nitrogen and oxygen atoms in total. The Morgan fingerprint density at radius 3 is 2.93 bits per heavy atom. The van der Waals surface area contributed by atoms with Crippen LogP contribution in [0.25, 0.3) is 0 Å². The molecular weight excluding hydrogens is 172 g/mol. The van der Waals surface area contributed by atoms with Gasteiger partial charge in [0.05, 0.1) is 0 Å². The molecule has 14 heavy (non-hydrogen) atoms. The predicted octanol–water partition coefficient (Wildman–Crippen LogP) is 2.39. The number of piperidine rings is 1. The van der Waals surface area contributed by atoms with Crippen molar-refractivity contribution < 1.29 is 0 Å². The van der Waals surface area contributed by atoms with Gasteiger partial charge in [0.1, 0.15) is 0 Å². The fraction of sp³-hybridized carbons (Fsp3) is 0.500. The van der Waals surface area contributed by atoms with Gasteiger partial charge in [-0.05, 0) is 37.4 Å². The van der Waals surface area contributed by atoms with E-state index >= 15 is 0 Å². The second-order valence-corrected chi connectivity index (χ2v) is 4.08. The molecule has 76 valence electrons. The highest BCUT2D eigenvalue weighted by Gasteiger charge is 2.16. The first kappa shape index (κ1) is 9.53. The smallest absolute Gasteiger partial charge is 0.0392 e. The number of anilines is 1. The van der Waals surface area contributed by atoms with Gasteiger partial charge < -0.3 is 11.1 Å². The SMILES string of the molecule is Cc1cccc([C@@H]2CCCCN2)c1N. The quantitative estimate of drug-likeness (QED) is 0.667. The van der Waals surface area contributed by atoms with Crippen molar-refractivity contribution in [3.05, 3.63) is 29.3 Å². The van der Waals surface area contributed by atoms with Crippen molar-refractivity contribution in [2.24, 2.45) is 0 Å². The predicted molar refractivity (Wildman–Crippen MR) is 60.2 cm³/mol. The van der Waals surface area contributed by atoms with E-state index in [1.807, 2.05) is 0 Å². The average Bonchev–Trinajstić information content (AvgIpc) is 2.23. The van der Waals surface area contributed by atoms with Gasteiger partial charge in [0, 0.05) is 11.7 Å². The molecule has 1 aliphatic heterocycles. The summed E-state index contributed by atoms with van der Waals surface area (Å²) in [6.07, 6.45) is 3.82. The number of hydrogen-bond donors (Lipinski definition) is 2. The minimum absolute atomic E-state index is 0.476. The monoisotopic (exact) mass is 190 g/mol. The molecule has 3 N–H and O–H groups in total. The topological polar surface area (TPSA) is 38.0 Å². The van der Waals surface area contributed by atoms with Crippen molar-refractivity contribution in [3.8, 4) is 0 Å². The van der Waals surface area contributed by atoms with Gasteiger partial charge in [0.25, 0.3) is 0 Å². The molecule has 1 fully saturated rings. The second kappa shape index (κ2) is 4.01. The third-order valence-electron chi connectivity index (χ3n) is 3.04. The van der Waals surface area contributed by atoms with Crippen LogP contribution in [0.3, 0.4) is 0 Å². The van der Waals surface area contributed by atoms with Crippen LogP contribution in [0.5, 0.6) is 0 Å². The van der Waals surface area contributed by atoms with E-state index in [0.29, 0.717) is 6.04 Å². The molecule has 1 aliphatic rings. The van der Waals surface area contributed by atoms with E-state index in [1.165, 1.54) is 30.4 Å². The minimum Gasteiger partial charge on any atom is -0.398 e. The fourth-order valence-electron chi connectivity index (χ4n) is 2.12. The summed E-state index contributed by atoms with van der Waals surface area (Å²) in [5.41, 5.74) is 9.51. The lowest BCUT2D eigenvalue weighted by Crippen LogP contribution is -2.27. The van der Waals surface area contributed by atoms with E-state index in [-0.39, 0.29) is 0 Å². The largest absolute Gasteiger partial charge is 0.398 e. The summed E-state index contributed by atoms with van der Waals surface area (Å²) in [7, 11) is 0. The van der Waals surface area contributed by atoms with E-state index in [2.05, 4.69) is 30.4 Å². The van der Waals surface area contributed by atoms with Crippen LogP contribution in [0.2, 0.25) is 0 Å². The lowest BCUT2D eigenvalue weighted by molar-refractivity contribution is 0.413. The van der Waals surface area contributed by atoms with Crippen molar-refractivity contribution in [2.45, 2.75) is 32.2 Å². The summed E-state index contributed by atoms with van der Waals surface area (Å²) in [6.45, 7) is 3.19. The molecule has 1 saturated heterocycles. The number of nitrogen functional groups attached to an aromatic ring is 1. The number of para-hydroxylation sites is 1. The molecule has 1 aromatic carbocycles. The molecule has 1 heterocycles. The Kier molecular flexibility index (Phi) is 2.73. The number of rotatable bonds is 1. The molecule has 0 aromatic heterocycles. The van der Waals surface area contributed by atoms with Gasteiger partial charge in [0.2, 0.25) is 0 Å². The summed E-state index contributed by atoms with van der Waals surface area (Å²) in [5.74, 6) is 0. The number of hydrogen-bond acceptors (Lipinski definition) is 2. The van der Waals surface area contributed by atoms with E-state index in [4.69, 9.17) is 5.73 Å². The summed E-state index contributed by atoms with van der Waals surface area (Å²) in [5, 5.41) is 3.52. The number of benzene rings is 1. The first-order valence-electron chi connectivity index (χ1n) is 5.37. The zero-order valence-corrected chi connectivity index (χ0v) is 8.72. The van der Waals surface area contributed by atoms with Gasteiger partial charge in [-0.1, -0.05) is 24.6 Å². The van der Waals surface area contributed by atoms with Crippen molar-refractivity contribution in [2.75, 3.05) is 12.3 Å². The normalized spacial score (nSPS) is 22.2. The average molecular weight is 190 g/mol. The molecule has 0 unspecified atom stereocenters. The minimum atomic E-state index is 0.476. The maximum absolute atomic E-state index is 6.07. The van der Waals surface area contributed by atoms with Crippen LogP contribution in [-0.2, 0) is 0 Å². The first-order valence-corrected chi connectivity index (χ1v) is 5.37. The number of aryl methyl sites for hydroxylation is 1. The van der Waals surface area contributed by atoms with Crippen LogP contribution in [-0.4, -0.2) is 6.54 Å². The van der Waals surface area contributed by atoms with Gasteiger partial charge >= 0.3 is 0 Å². The van der Waals surface area contributed by atoms with Crippen LogP contribution in [0.4, 0.5) is 5.69 Å². The third kappa shape index (κ3) is 1.75. The molecule has 0 saturated carbocycles. The maximum atomic E-state index is 6.07. The maximum Gasteiger partial charge on any atom is 0.0392 e. The lowest BCUT2D eigenvalue weighted by Gasteiger charge is -2.25. The highest BCUT2D eigenvalue weighted by atomic mass is 14.9. The van der Waals surface area contributed by atoms with Crippen molar-refractivity contribution in [1.29, 1.82) is 0 Å². The highest BCUT2D eigenvalue weighted by Crippen LogP contribution is 2.28. The van der Waals surface area contributed by atoms with Gasteiger partial charge in [-0.15, -0.1) is 0 Å². The molecule has 0 spiro atoms. The van der Waals surface area contributed by atoms with Gasteiger partial charge in [-0.25, -0.2) is 0 Å². The molecule has 2 rings (SSSR count). The van der Waals surface area contributed by atoms with Crippen LogP contribution in [0.1, 0.15) is 36.4 Å². The molecular formula is C12H18N2. The number of nitrogens with one attached hydrogen (secondary N) is 1. The Bertz CT molecular complexity index is 314. The molecule has 0 radical (unpaired) electrons. The van der Waals surface area contributed by atoms with Gasteiger partial charge in [-0.3, -0.25) is 0 Å². The standard InChI is InChI=1S/C12H18N2/c1-9-5-4-6-10(12(9)13)11-7-2-3-8-14-11/h4-6,11,14H,2-3,7-8,13H2,1H3/t11-/m0/s1. The Hall–Kier alpha value is -1.02. The summed E-state index contributed by atoms with van der Waals surface area (Å²) < 4.78 is 0. The Balaban J connectivity index is 2.26. The second-order valence-electron chi connectivity index (χ2n) is 4.08. The Labute approximate surface area is 85.5 Å². The lowest BCUT2D eigenvalue weighted by atomic mass is 9.95. The van der Waals surface area contributed by atoms with E-state index in [0.717, 1.165) is 12.2 Å². The Morgan fingerprint density at radius 2 is 2.21 bits per heavy atom. The molecule has 0 bridgehead atoms. The van der Waals surface area contributed by atoms with Crippen LogP contribution < -0.4 is 11.1 Å². The fourth-order valence-corrected chi connectivity index (χ4v) is 2.12. The van der Waals surface area contributed by atoms with Crippen molar-refractivity contribution >= 4 is 5.69 Å². The molecule has 1 aromatic rings. The van der Waals surface area contributed by atoms with E-state index in [1.54, 1.807) is 0 Å². The molecule has 2 heteroatoms. The molecule has 1 atom stereocenters. The zero-order valence-electron chi connectivity index (χ0n) is 8.72. The molecule has 0 amide bonds. The van der Waals surface area contributed by atoms with Gasteiger partial charge in [-0.2, -0.15) is 0 Å². The molecule has 0 aliphatic carbocycles.